The normalized spacial score (nSPS) is 11.4. The number of likely N-dealkylation sites (N-methyl/N-ethyl adjacent to an activating group) is 1. The Balaban J connectivity index is 2.40. The Labute approximate surface area is 99.4 Å². The molecular formula is C12H16FN3O. The molecule has 1 aromatic carbocycles. The first-order valence-corrected chi connectivity index (χ1v) is 5.47. The number of nitrogens with zero attached hydrogens (tertiary/aromatic N) is 2. The van der Waals surface area contributed by atoms with Crippen LogP contribution in [-0.2, 0) is 6.42 Å². The monoisotopic (exact) mass is 237 g/mol. The number of halogens is 1. The summed E-state index contributed by atoms with van der Waals surface area (Å²) >= 11 is 0. The average Bonchev–Trinajstić information content (AvgIpc) is 2.69. The molecule has 0 aliphatic rings. The van der Waals surface area contributed by atoms with Crippen molar-refractivity contribution < 1.29 is 9.13 Å². The molecule has 0 spiro atoms. The number of rotatable bonds is 4. The summed E-state index contributed by atoms with van der Waals surface area (Å²) < 4.78 is 18.7. The highest BCUT2D eigenvalue weighted by Gasteiger charge is 2.11. The van der Waals surface area contributed by atoms with Crippen LogP contribution in [0.25, 0.3) is 10.9 Å². The van der Waals surface area contributed by atoms with Crippen molar-refractivity contribution >= 4 is 10.9 Å². The van der Waals surface area contributed by atoms with E-state index in [0.717, 1.165) is 24.0 Å². The lowest BCUT2D eigenvalue weighted by Gasteiger charge is -2.08. The first-order chi connectivity index (χ1) is 8.11. The predicted molar refractivity (Wildman–Crippen MR) is 64.9 cm³/mol. The van der Waals surface area contributed by atoms with Gasteiger partial charge in [-0.05, 0) is 20.2 Å². The van der Waals surface area contributed by atoms with E-state index < -0.39 is 0 Å². The standard InChI is InChI=1S/C12H16FN3O/c1-16(2)5-4-11-9-6-8(17-3)7-10(13)12(9)15-14-11/h6-7H,4-5H2,1-3H3,(H,14,15). The molecular weight excluding hydrogens is 221 g/mol. The fourth-order valence-electron chi connectivity index (χ4n) is 1.75. The molecule has 0 saturated heterocycles. The van der Waals surface area contributed by atoms with E-state index >= 15 is 0 Å². The molecule has 0 unspecified atom stereocenters. The predicted octanol–water partition coefficient (Wildman–Crippen LogP) is 1.81. The van der Waals surface area contributed by atoms with Crippen LogP contribution in [0.2, 0.25) is 0 Å². The topological polar surface area (TPSA) is 41.1 Å². The SMILES string of the molecule is COc1cc(F)c2n[nH]c(CCN(C)C)c2c1. The minimum absolute atomic E-state index is 0.355. The van der Waals surface area contributed by atoms with Crippen LogP contribution >= 0.6 is 0 Å². The summed E-state index contributed by atoms with van der Waals surface area (Å²) in [6.45, 7) is 0.885. The van der Waals surface area contributed by atoms with E-state index in [4.69, 9.17) is 4.74 Å². The van der Waals surface area contributed by atoms with Crippen LogP contribution in [0.5, 0.6) is 5.75 Å². The van der Waals surface area contributed by atoms with Crippen molar-refractivity contribution in [1.82, 2.24) is 15.1 Å². The van der Waals surface area contributed by atoms with Gasteiger partial charge in [0.15, 0.2) is 5.82 Å². The van der Waals surface area contributed by atoms with Gasteiger partial charge in [-0.1, -0.05) is 0 Å². The Morgan fingerprint density at radius 2 is 2.18 bits per heavy atom. The lowest BCUT2D eigenvalue weighted by Crippen LogP contribution is -2.15. The lowest BCUT2D eigenvalue weighted by atomic mass is 10.1. The second-order valence-corrected chi connectivity index (χ2v) is 4.26. The van der Waals surface area contributed by atoms with Gasteiger partial charge in [-0.15, -0.1) is 0 Å². The summed E-state index contributed by atoms with van der Waals surface area (Å²) in [5, 5.41) is 7.68. The van der Waals surface area contributed by atoms with Gasteiger partial charge in [0.25, 0.3) is 0 Å². The van der Waals surface area contributed by atoms with Crippen LogP contribution in [0.1, 0.15) is 5.69 Å². The minimum Gasteiger partial charge on any atom is -0.497 e. The van der Waals surface area contributed by atoms with Crippen LogP contribution in [0.15, 0.2) is 12.1 Å². The number of methoxy groups -OCH3 is 1. The first kappa shape index (κ1) is 11.9. The Hall–Kier alpha value is -1.62. The maximum absolute atomic E-state index is 13.7. The third-order valence-electron chi connectivity index (χ3n) is 2.71. The summed E-state index contributed by atoms with van der Waals surface area (Å²) in [5.41, 5.74) is 1.31. The summed E-state index contributed by atoms with van der Waals surface area (Å²) in [5.74, 6) is 0.161. The summed E-state index contributed by atoms with van der Waals surface area (Å²) in [6.07, 6.45) is 0.802. The van der Waals surface area contributed by atoms with E-state index in [9.17, 15) is 4.39 Å². The molecule has 2 rings (SSSR count). The molecule has 0 fully saturated rings. The number of ether oxygens (including phenoxy) is 1. The van der Waals surface area contributed by atoms with Crippen LogP contribution in [0, 0.1) is 5.82 Å². The summed E-state index contributed by atoms with van der Waals surface area (Å²) in [6, 6.07) is 3.16. The number of fused-ring (bicyclic) bond motifs is 1. The molecule has 0 amide bonds. The third kappa shape index (κ3) is 2.39. The van der Waals surface area contributed by atoms with Gasteiger partial charge in [-0.2, -0.15) is 5.10 Å². The molecule has 0 saturated carbocycles. The van der Waals surface area contributed by atoms with E-state index in [2.05, 4.69) is 15.1 Å². The van der Waals surface area contributed by atoms with E-state index in [1.54, 1.807) is 0 Å². The smallest absolute Gasteiger partial charge is 0.154 e. The fraction of sp³-hybridized carbons (Fsp3) is 0.417. The van der Waals surface area contributed by atoms with Gasteiger partial charge in [0.1, 0.15) is 11.3 Å². The van der Waals surface area contributed by atoms with Gasteiger partial charge in [-0.25, -0.2) is 4.39 Å². The van der Waals surface area contributed by atoms with Gasteiger partial charge < -0.3 is 9.64 Å². The molecule has 0 atom stereocenters. The van der Waals surface area contributed by atoms with Gasteiger partial charge in [0.2, 0.25) is 0 Å². The largest absolute Gasteiger partial charge is 0.497 e. The van der Waals surface area contributed by atoms with Gasteiger partial charge in [0, 0.05) is 30.1 Å². The van der Waals surface area contributed by atoms with Crippen molar-refractivity contribution in [3.05, 3.63) is 23.6 Å². The van der Waals surface area contributed by atoms with E-state index in [-0.39, 0.29) is 5.82 Å². The number of aromatic nitrogens is 2. The van der Waals surface area contributed by atoms with Crippen molar-refractivity contribution in [2.75, 3.05) is 27.7 Å². The second-order valence-electron chi connectivity index (χ2n) is 4.26. The highest BCUT2D eigenvalue weighted by Crippen LogP contribution is 2.25. The zero-order valence-corrected chi connectivity index (χ0v) is 10.2. The molecule has 0 radical (unpaired) electrons. The number of hydrogen-bond acceptors (Lipinski definition) is 3. The molecule has 0 aliphatic heterocycles. The van der Waals surface area contributed by atoms with E-state index in [1.165, 1.54) is 13.2 Å². The minimum atomic E-state index is -0.355. The molecule has 1 heterocycles. The number of benzene rings is 1. The van der Waals surface area contributed by atoms with Crippen molar-refractivity contribution in [3.8, 4) is 5.75 Å². The zero-order chi connectivity index (χ0) is 12.4. The highest BCUT2D eigenvalue weighted by molar-refractivity contribution is 5.83. The van der Waals surface area contributed by atoms with Crippen LogP contribution in [-0.4, -0.2) is 42.8 Å². The van der Waals surface area contributed by atoms with Crippen LogP contribution < -0.4 is 4.74 Å². The van der Waals surface area contributed by atoms with E-state index in [0.29, 0.717) is 11.3 Å². The van der Waals surface area contributed by atoms with Crippen molar-refractivity contribution in [3.63, 3.8) is 0 Å². The average molecular weight is 237 g/mol. The van der Waals surface area contributed by atoms with E-state index in [1.807, 2.05) is 20.2 Å². The van der Waals surface area contributed by atoms with Crippen molar-refractivity contribution in [2.24, 2.45) is 0 Å². The molecule has 92 valence electrons. The maximum atomic E-state index is 13.7. The number of hydrogen-bond donors (Lipinski definition) is 1. The Bertz CT molecular complexity index is 522. The second kappa shape index (κ2) is 4.71. The lowest BCUT2D eigenvalue weighted by molar-refractivity contribution is 0.411. The van der Waals surface area contributed by atoms with Gasteiger partial charge in [0.05, 0.1) is 7.11 Å². The molecule has 0 bridgehead atoms. The van der Waals surface area contributed by atoms with Gasteiger partial charge >= 0.3 is 0 Å². The molecule has 2 aromatic rings. The number of H-pyrrole nitrogens is 1. The number of aromatic amines is 1. The third-order valence-corrected chi connectivity index (χ3v) is 2.71. The molecule has 4 nitrogen and oxygen atoms in total. The quantitative estimate of drug-likeness (QED) is 0.881. The molecule has 1 N–H and O–H groups in total. The maximum Gasteiger partial charge on any atom is 0.154 e. The summed E-state index contributed by atoms with van der Waals surface area (Å²) in [4.78, 5) is 2.07. The fourth-order valence-corrected chi connectivity index (χ4v) is 1.75. The molecule has 17 heavy (non-hydrogen) atoms. The van der Waals surface area contributed by atoms with Crippen molar-refractivity contribution in [2.45, 2.75) is 6.42 Å². The highest BCUT2D eigenvalue weighted by atomic mass is 19.1. The molecule has 1 aromatic heterocycles. The van der Waals surface area contributed by atoms with Crippen LogP contribution in [0.4, 0.5) is 4.39 Å². The first-order valence-electron chi connectivity index (χ1n) is 5.47. The van der Waals surface area contributed by atoms with Crippen LogP contribution in [0.3, 0.4) is 0 Å². The van der Waals surface area contributed by atoms with Crippen molar-refractivity contribution in [1.29, 1.82) is 0 Å². The number of nitrogens with one attached hydrogen (secondary N) is 1. The Morgan fingerprint density at radius 3 is 2.82 bits per heavy atom. The van der Waals surface area contributed by atoms with Gasteiger partial charge in [-0.3, -0.25) is 5.10 Å². The summed E-state index contributed by atoms with van der Waals surface area (Å²) in [7, 11) is 5.53. The Kier molecular flexibility index (Phi) is 3.28. The Morgan fingerprint density at radius 1 is 1.41 bits per heavy atom. The molecule has 0 aliphatic carbocycles. The molecule has 5 heteroatoms. The zero-order valence-electron chi connectivity index (χ0n) is 10.2.